The van der Waals surface area contributed by atoms with Crippen molar-refractivity contribution in [2.45, 2.75) is 125 Å². The summed E-state index contributed by atoms with van der Waals surface area (Å²) in [6, 6.07) is 3.85. The van der Waals surface area contributed by atoms with Gasteiger partial charge in [-0.3, -0.25) is 33.3 Å². The second kappa shape index (κ2) is 16.1. The summed E-state index contributed by atoms with van der Waals surface area (Å²) in [6.07, 6.45) is 12.7. The molecular weight excluding hydrogens is 767 g/mol. The number of ether oxygens (including phenoxy) is 3. The second-order valence-corrected chi connectivity index (χ2v) is 18.9. The largest absolute Gasteiger partial charge is 0.497 e. The Bertz CT molecular complexity index is 2180. The summed E-state index contributed by atoms with van der Waals surface area (Å²) in [7, 11) is -2.40. The molecule has 15 nitrogen and oxygen atoms in total. The topological polar surface area (TPSA) is 192 Å². The lowest BCUT2D eigenvalue weighted by molar-refractivity contribution is -0.156. The molecule has 4 aliphatic carbocycles. The number of carbonyl (C=O) groups excluding carboxylic acids is 4. The first-order chi connectivity index (χ1) is 27.9. The van der Waals surface area contributed by atoms with Gasteiger partial charge in [0, 0.05) is 24.9 Å². The monoisotopic (exact) mass is 819 g/mol. The molecule has 3 amide bonds. The minimum atomic E-state index is -3.92. The molecule has 0 radical (unpaired) electrons. The van der Waals surface area contributed by atoms with Gasteiger partial charge < -0.3 is 24.4 Å². The number of carbonyl (C=O) groups is 4. The van der Waals surface area contributed by atoms with E-state index in [9.17, 15) is 32.4 Å². The van der Waals surface area contributed by atoms with Crippen LogP contribution in [0.25, 0.3) is 10.9 Å². The van der Waals surface area contributed by atoms with Gasteiger partial charge in [0.1, 0.15) is 29.5 Å². The van der Waals surface area contributed by atoms with Crippen molar-refractivity contribution in [3.8, 4) is 11.8 Å². The zero-order chi connectivity index (χ0) is 40.8. The molecular formula is C42H53N5O10S. The molecule has 0 spiro atoms. The van der Waals surface area contributed by atoms with Gasteiger partial charge in [0.2, 0.25) is 21.8 Å². The van der Waals surface area contributed by atoms with Gasteiger partial charge >= 0.3 is 5.97 Å². The zero-order valence-electron chi connectivity index (χ0n) is 32.9. The summed E-state index contributed by atoms with van der Waals surface area (Å²) in [6.45, 7) is 3.89. The molecule has 0 unspecified atom stereocenters. The van der Waals surface area contributed by atoms with Crippen LogP contribution in [0.1, 0.15) is 89.9 Å². The number of esters is 1. The smallest absolute Gasteiger partial charge is 0.306 e. The zero-order valence-corrected chi connectivity index (χ0v) is 33.8. The first-order valence-corrected chi connectivity index (χ1v) is 22.4. The molecule has 2 aliphatic heterocycles. The van der Waals surface area contributed by atoms with Crippen LogP contribution in [0, 0.1) is 23.7 Å². The van der Waals surface area contributed by atoms with E-state index >= 15 is 0 Å². The molecule has 8 rings (SSSR count). The maximum atomic E-state index is 14.9. The molecule has 2 aromatic rings. The predicted molar refractivity (Wildman–Crippen MR) is 212 cm³/mol. The van der Waals surface area contributed by atoms with Gasteiger partial charge in [0.15, 0.2) is 0 Å². The first-order valence-electron chi connectivity index (χ1n) is 20.8. The molecule has 16 heteroatoms. The summed E-state index contributed by atoms with van der Waals surface area (Å²) in [5.41, 5.74) is -1.55. The van der Waals surface area contributed by atoms with Crippen LogP contribution in [0.5, 0.6) is 11.8 Å². The van der Waals surface area contributed by atoms with Crippen molar-refractivity contribution in [2.24, 2.45) is 23.7 Å². The Morgan fingerprint density at radius 2 is 1.78 bits per heavy atom. The van der Waals surface area contributed by atoms with Crippen LogP contribution in [0.4, 0.5) is 0 Å². The average Bonchev–Trinajstić information content (AvgIpc) is 3.99. The van der Waals surface area contributed by atoms with E-state index in [0.717, 1.165) is 57.8 Å². The van der Waals surface area contributed by atoms with Crippen molar-refractivity contribution in [1.29, 1.82) is 0 Å². The van der Waals surface area contributed by atoms with Crippen molar-refractivity contribution >= 4 is 44.6 Å². The third kappa shape index (κ3) is 8.00. The Hall–Kier alpha value is -4.73. The van der Waals surface area contributed by atoms with Gasteiger partial charge in [-0.1, -0.05) is 31.1 Å². The minimum Gasteiger partial charge on any atom is -0.497 e. The van der Waals surface area contributed by atoms with E-state index in [1.807, 2.05) is 12.2 Å². The number of aromatic nitrogens is 2. The number of nitrogens with one attached hydrogen (secondary N) is 2. The molecule has 6 aliphatic rings. The number of rotatable bonds is 8. The van der Waals surface area contributed by atoms with Crippen molar-refractivity contribution in [3.05, 3.63) is 53.4 Å². The molecule has 1 aromatic heterocycles. The molecule has 3 heterocycles. The van der Waals surface area contributed by atoms with E-state index in [1.54, 1.807) is 18.2 Å². The minimum absolute atomic E-state index is 0.0109. The second-order valence-electron chi connectivity index (χ2n) is 17.0. The highest BCUT2D eigenvalue weighted by atomic mass is 32.2. The van der Waals surface area contributed by atoms with Crippen LogP contribution in [0.15, 0.2) is 47.8 Å². The van der Waals surface area contributed by atoms with E-state index in [-0.39, 0.29) is 67.8 Å². The molecule has 2 bridgehead atoms. The SMILES string of the molecule is C=C[C@H]1C[C@]1(NC(=O)[C@@H]1C[C@@H]2CN1C(=O)[C@H](C1CCCC1)CC(=O)O[C@@H]1CCC[C@H]1CC/C=C/Cn1c(nc3cc(OC)ccc3c1=O)O2)C(=O)NS(=O)(=O)C1CC1. The number of fused-ring (bicyclic) bond motifs is 5. The fourth-order valence-corrected chi connectivity index (χ4v) is 11.0. The first kappa shape index (κ1) is 40.1. The summed E-state index contributed by atoms with van der Waals surface area (Å²) < 4.78 is 47.3. The number of allylic oxidation sites excluding steroid dienone is 2. The Morgan fingerprint density at radius 3 is 2.50 bits per heavy atom. The Labute approximate surface area is 338 Å². The molecule has 1 saturated heterocycles. The molecule has 7 atom stereocenters. The van der Waals surface area contributed by atoms with Gasteiger partial charge in [-0.05, 0) is 88.2 Å². The Morgan fingerprint density at radius 1 is 1.00 bits per heavy atom. The summed E-state index contributed by atoms with van der Waals surface area (Å²) in [5.74, 6) is -3.03. The summed E-state index contributed by atoms with van der Waals surface area (Å²) >= 11 is 0. The lowest BCUT2D eigenvalue weighted by atomic mass is 9.86. The van der Waals surface area contributed by atoms with Crippen LogP contribution in [-0.4, -0.2) is 89.3 Å². The predicted octanol–water partition coefficient (Wildman–Crippen LogP) is 3.68. The number of amides is 3. The highest BCUT2D eigenvalue weighted by Crippen LogP contribution is 2.46. The Balaban J connectivity index is 1.15. The fraction of sp³-hybridized carbons (Fsp3) is 0.619. The highest BCUT2D eigenvalue weighted by Gasteiger charge is 2.62. The number of nitrogens with zero attached hydrogens (tertiary/aromatic N) is 3. The standard InChI is InChI=1S/C42H53N5O10S/c1-3-27-23-42(27,40(52)45-58(53,54)30-16-17-30)44-37(49)34-21-29-24-47(34)39(51)32(25-10-6-7-11-25)22-36(48)57-35-14-9-13-26(35)12-5-4-8-19-46-38(50)31-18-15-28(55-2)20-33(31)43-41(46)56-29/h3-4,8,15,18,20,25-27,29-30,32,34-35H,1,5-7,9-14,16-17,19,21-24H2,2H3,(H,44,49)(H,45,52)/b8-4+/t26-,27+,29-,32+,34+,35-,42-/m1/s1. The van der Waals surface area contributed by atoms with E-state index in [1.165, 1.54) is 22.7 Å². The van der Waals surface area contributed by atoms with E-state index in [0.29, 0.717) is 29.5 Å². The Kier molecular flexibility index (Phi) is 11.1. The van der Waals surface area contributed by atoms with Gasteiger partial charge in [0.25, 0.3) is 17.5 Å². The van der Waals surface area contributed by atoms with E-state index < -0.39 is 62.6 Å². The molecule has 4 saturated carbocycles. The number of methoxy groups -OCH3 is 1. The highest BCUT2D eigenvalue weighted by molar-refractivity contribution is 7.91. The molecule has 5 fully saturated rings. The molecule has 312 valence electrons. The third-order valence-corrected chi connectivity index (χ3v) is 15.0. The normalized spacial score (nSPS) is 31.2. The van der Waals surface area contributed by atoms with Crippen LogP contribution >= 0.6 is 0 Å². The molecule has 1 aromatic carbocycles. The van der Waals surface area contributed by atoms with Crippen molar-refractivity contribution < 1.29 is 41.8 Å². The maximum absolute atomic E-state index is 14.9. The summed E-state index contributed by atoms with van der Waals surface area (Å²) in [4.78, 5) is 77.0. The fourth-order valence-electron chi connectivity index (χ4n) is 9.62. The van der Waals surface area contributed by atoms with Crippen molar-refractivity contribution in [2.75, 3.05) is 13.7 Å². The number of sulfonamides is 1. The lowest BCUT2D eigenvalue weighted by Crippen LogP contribution is -2.57. The number of hydrogen-bond acceptors (Lipinski definition) is 11. The maximum Gasteiger partial charge on any atom is 0.306 e. The molecule has 58 heavy (non-hydrogen) atoms. The quantitative estimate of drug-likeness (QED) is 0.292. The molecule has 2 N–H and O–H groups in total. The van der Waals surface area contributed by atoms with Gasteiger partial charge in [-0.2, -0.15) is 4.98 Å². The van der Waals surface area contributed by atoms with Gasteiger partial charge in [0.05, 0.1) is 42.1 Å². The average molecular weight is 820 g/mol. The van der Waals surface area contributed by atoms with Crippen LogP contribution in [0.3, 0.4) is 0 Å². The third-order valence-electron chi connectivity index (χ3n) is 13.2. The van der Waals surface area contributed by atoms with E-state index in [2.05, 4.69) is 16.6 Å². The van der Waals surface area contributed by atoms with Crippen molar-refractivity contribution in [1.82, 2.24) is 24.5 Å². The van der Waals surface area contributed by atoms with E-state index in [4.69, 9.17) is 19.2 Å². The lowest BCUT2D eigenvalue weighted by Gasteiger charge is -2.32. The van der Waals surface area contributed by atoms with Crippen LogP contribution in [-0.2, 0) is 40.5 Å². The number of benzene rings is 1. The van der Waals surface area contributed by atoms with Crippen LogP contribution < -0.4 is 25.1 Å². The van der Waals surface area contributed by atoms with Crippen LogP contribution in [0.2, 0.25) is 0 Å². The van der Waals surface area contributed by atoms with Crippen molar-refractivity contribution in [3.63, 3.8) is 0 Å². The summed E-state index contributed by atoms with van der Waals surface area (Å²) in [5, 5.41) is 2.55. The van der Waals surface area contributed by atoms with Gasteiger partial charge in [-0.15, -0.1) is 6.58 Å². The van der Waals surface area contributed by atoms with Gasteiger partial charge in [-0.25, -0.2) is 8.42 Å². The number of hydrogen-bond donors (Lipinski definition) is 2.